The summed E-state index contributed by atoms with van der Waals surface area (Å²) in [5.41, 5.74) is -0.735. The molecule has 0 bridgehead atoms. The lowest BCUT2D eigenvalue weighted by atomic mass is 10.0. The first kappa shape index (κ1) is 12.5. The smallest absolute Gasteiger partial charge is 0.222 e. The van der Waals surface area contributed by atoms with Crippen molar-refractivity contribution < 1.29 is 9.90 Å². The van der Waals surface area contributed by atoms with E-state index in [9.17, 15) is 9.90 Å². The number of carbonyl (C=O) groups excluding carboxylic acids is 1. The van der Waals surface area contributed by atoms with Crippen LogP contribution in [0.5, 0.6) is 0 Å². The summed E-state index contributed by atoms with van der Waals surface area (Å²) in [5, 5.41) is 15.9. The van der Waals surface area contributed by atoms with Crippen LogP contribution >= 0.6 is 0 Å². The van der Waals surface area contributed by atoms with E-state index in [0.717, 1.165) is 25.8 Å². The fourth-order valence-corrected chi connectivity index (χ4v) is 1.87. The molecule has 0 aliphatic carbocycles. The quantitative estimate of drug-likeness (QED) is 0.615. The first-order chi connectivity index (χ1) is 7.07. The largest absolute Gasteiger partial charge is 0.387 e. The van der Waals surface area contributed by atoms with Gasteiger partial charge in [-0.15, -0.1) is 0 Å². The van der Waals surface area contributed by atoms with Gasteiger partial charge in [0.25, 0.3) is 0 Å². The summed E-state index contributed by atoms with van der Waals surface area (Å²) in [6.07, 6.45) is 2.64. The van der Waals surface area contributed by atoms with E-state index >= 15 is 0 Å². The lowest BCUT2D eigenvalue weighted by Gasteiger charge is -2.22. The zero-order valence-corrected chi connectivity index (χ0v) is 9.68. The minimum Gasteiger partial charge on any atom is -0.387 e. The molecule has 0 aromatic carbocycles. The van der Waals surface area contributed by atoms with Crippen molar-refractivity contribution >= 4 is 5.91 Å². The third-order valence-electron chi connectivity index (χ3n) is 2.98. The third kappa shape index (κ3) is 3.80. The molecule has 2 unspecified atom stereocenters. The second kappa shape index (κ2) is 5.47. The van der Waals surface area contributed by atoms with Crippen LogP contribution < -0.4 is 10.6 Å². The van der Waals surface area contributed by atoms with Crippen molar-refractivity contribution in [3.8, 4) is 0 Å². The molecule has 1 heterocycles. The molecule has 1 aliphatic rings. The van der Waals surface area contributed by atoms with E-state index in [1.165, 1.54) is 0 Å². The van der Waals surface area contributed by atoms with Gasteiger partial charge in [0.1, 0.15) is 0 Å². The van der Waals surface area contributed by atoms with Gasteiger partial charge >= 0.3 is 0 Å². The predicted octanol–water partition coefficient (Wildman–Crippen LogP) is 0.263. The normalized spacial score (nSPS) is 27.7. The van der Waals surface area contributed by atoms with E-state index in [1.54, 1.807) is 0 Å². The maximum atomic E-state index is 11.6. The number of β-amino-alcohol motifs (C(OH)–C–C–N with tert-alkyl or cyclic N) is 1. The second-order valence-electron chi connectivity index (χ2n) is 4.56. The van der Waals surface area contributed by atoms with Crippen LogP contribution in [0.15, 0.2) is 0 Å². The average molecular weight is 214 g/mol. The van der Waals surface area contributed by atoms with Crippen LogP contribution in [-0.4, -0.2) is 36.2 Å². The molecular formula is C11H22N2O2. The van der Waals surface area contributed by atoms with Crippen molar-refractivity contribution in [1.82, 2.24) is 10.6 Å². The van der Waals surface area contributed by atoms with Gasteiger partial charge in [-0.25, -0.2) is 0 Å². The highest BCUT2D eigenvalue weighted by atomic mass is 16.3. The Balaban J connectivity index is 2.26. The Morgan fingerprint density at radius 3 is 2.93 bits per heavy atom. The molecular weight excluding hydrogens is 192 g/mol. The van der Waals surface area contributed by atoms with Crippen LogP contribution in [0, 0.1) is 5.92 Å². The van der Waals surface area contributed by atoms with Gasteiger partial charge in [0.05, 0.1) is 5.60 Å². The van der Waals surface area contributed by atoms with Crippen molar-refractivity contribution in [2.24, 2.45) is 5.92 Å². The number of hydrogen-bond donors (Lipinski definition) is 3. The van der Waals surface area contributed by atoms with E-state index in [-0.39, 0.29) is 11.8 Å². The van der Waals surface area contributed by atoms with Crippen LogP contribution in [-0.2, 0) is 4.79 Å². The Labute approximate surface area is 91.4 Å². The topological polar surface area (TPSA) is 61.4 Å². The second-order valence-corrected chi connectivity index (χ2v) is 4.56. The van der Waals surface area contributed by atoms with Crippen molar-refractivity contribution in [1.29, 1.82) is 0 Å². The summed E-state index contributed by atoms with van der Waals surface area (Å²) in [4.78, 5) is 11.6. The number of aliphatic hydroxyl groups is 1. The number of hydrogen-bond acceptors (Lipinski definition) is 3. The van der Waals surface area contributed by atoms with E-state index < -0.39 is 5.60 Å². The van der Waals surface area contributed by atoms with E-state index in [0.29, 0.717) is 13.1 Å². The molecule has 1 fully saturated rings. The summed E-state index contributed by atoms with van der Waals surface area (Å²) in [7, 11) is 0. The van der Waals surface area contributed by atoms with Crippen LogP contribution in [0.3, 0.4) is 0 Å². The summed E-state index contributed by atoms with van der Waals surface area (Å²) < 4.78 is 0. The van der Waals surface area contributed by atoms with Crippen LogP contribution in [0.2, 0.25) is 0 Å². The molecule has 3 N–H and O–H groups in total. The molecule has 0 aromatic rings. The van der Waals surface area contributed by atoms with Gasteiger partial charge in [-0.2, -0.15) is 0 Å². The summed E-state index contributed by atoms with van der Waals surface area (Å²) in [5.74, 6) is 0.102. The first-order valence-electron chi connectivity index (χ1n) is 5.78. The monoisotopic (exact) mass is 214 g/mol. The molecule has 2 atom stereocenters. The molecule has 0 radical (unpaired) electrons. The Bertz CT molecular complexity index is 213. The zero-order valence-electron chi connectivity index (χ0n) is 9.68. The summed E-state index contributed by atoms with van der Waals surface area (Å²) in [6.45, 7) is 5.77. The highest BCUT2D eigenvalue weighted by Gasteiger charge is 2.31. The van der Waals surface area contributed by atoms with Gasteiger partial charge in [0.15, 0.2) is 0 Å². The predicted molar refractivity (Wildman–Crippen MR) is 59.5 cm³/mol. The minimum atomic E-state index is -0.735. The lowest BCUT2D eigenvalue weighted by Crippen LogP contribution is -2.45. The number of rotatable bonds is 5. The SMILES string of the molecule is CCCC(C)C(=O)NCC1(O)CCNC1. The van der Waals surface area contributed by atoms with Crippen molar-refractivity contribution in [2.75, 3.05) is 19.6 Å². The maximum absolute atomic E-state index is 11.6. The molecule has 0 spiro atoms. The average Bonchev–Trinajstić information content (AvgIpc) is 2.63. The molecule has 0 saturated carbocycles. The van der Waals surface area contributed by atoms with E-state index in [2.05, 4.69) is 17.6 Å². The first-order valence-corrected chi connectivity index (χ1v) is 5.78. The van der Waals surface area contributed by atoms with Gasteiger partial charge in [-0.1, -0.05) is 20.3 Å². The molecule has 1 rings (SSSR count). The molecule has 4 heteroatoms. The van der Waals surface area contributed by atoms with Crippen LogP contribution in [0.25, 0.3) is 0 Å². The van der Waals surface area contributed by atoms with E-state index in [1.807, 2.05) is 6.92 Å². The Morgan fingerprint density at radius 2 is 2.40 bits per heavy atom. The van der Waals surface area contributed by atoms with Crippen molar-refractivity contribution in [3.05, 3.63) is 0 Å². The minimum absolute atomic E-state index is 0.0490. The van der Waals surface area contributed by atoms with Crippen molar-refractivity contribution in [2.45, 2.75) is 38.7 Å². The molecule has 1 saturated heterocycles. The van der Waals surface area contributed by atoms with E-state index in [4.69, 9.17) is 0 Å². The third-order valence-corrected chi connectivity index (χ3v) is 2.98. The zero-order chi connectivity index (χ0) is 11.3. The summed E-state index contributed by atoms with van der Waals surface area (Å²) in [6, 6.07) is 0. The molecule has 4 nitrogen and oxygen atoms in total. The summed E-state index contributed by atoms with van der Waals surface area (Å²) >= 11 is 0. The molecule has 0 aromatic heterocycles. The van der Waals surface area contributed by atoms with Crippen LogP contribution in [0.1, 0.15) is 33.1 Å². The molecule has 1 aliphatic heterocycles. The highest BCUT2D eigenvalue weighted by molar-refractivity contribution is 5.78. The standard InChI is InChI=1S/C11H22N2O2/c1-3-4-9(2)10(14)13-8-11(15)5-6-12-7-11/h9,12,15H,3-8H2,1-2H3,(H,13,14). The molecule has 1 amide bonds. The number of amides is 1. The van der Waals surface area contributed by atoms with Crippen molar-refractivity contribution in [3.63, 3.8) is 0 Å². The van der Waals surface area contributed by atoms with Gasteiger partial charge < -0.3 is 15.7 Å². The van der Waals surface area contributed by atoms with Gasteiger partial charge in [-0.3, -0.25) is 4.79 Å². The highest BCUT2D eigenvalue weighted by Crippen LogP contribution is 2.13. The fourth-order valence-electron chi connectivity index (χ4n) is 1.87. The van der Waals surface area contributed by atoms with Crippen LogP contribution in [0.4, 0.5) is 0 Å². The maximum Gasteiger partial charge on any atom is 0.222 e. The molecule has 15 heavy (non-hydrogen) atoms. The van der Waals surface area contributed by atoms with Gasteiger partial charge in [-0.05, 0) is 19.4 Å². The molecule has 88 valence electrons. The Kier molecular flexibility index (Phi) is 4.54. The number of carbonyl (C=O) groups is 1. The fraction of sp³-hybridized carbons (Fsp3) is 0.909. The lowest BCUT2D eigenvalue weighted by molar-refractivity contribution is -0.125. The number of nitrogens with one attached hydrogen (secondary N) is 2. The Morgan fingerprint density at radius 1 is 1.67 bits per heavy atom. The Hall–Kier alpha value is -0.610. The van der Waals surface area contributed by atoms with Gasteiger partial charge in [0.2, 0.25) is 5.91 Å². The van der Waals surface area contributed by atoms with Gasteiger partial charge in [0, 0.05) is 19.0 Å².